The molecule has 0 aliphatic carbocycles. The molecule has 0 unspecified atom stereocenters. The zero-order chi connectivity index (χ0) is 15.4. The van der Waals surface area contributed by atoms with Gasteiger partial charge >= 0.3 is 0 Å². The Kier molecular flexibility index (Phi) is 5.76. The molecular weight excluding hydrogens is 335 g/mol. The molecule has 1 heterocycles. The summed E-state index contributed by atoms with van der Waals surface area (Å²) in [5.74, 6) is -0.349. The maximum atomic E-state index is 13.1. The summed E-state index contributed by atoms with van der Waals surface area (Å²) in [7, 11) is 0. The molecule has 116 valence electrons. The number of piperidine rings is 1. The van der Waals surface area contributed by atoms with Crippen molar-refractivity contribution in [3.63, 3.8) is 0 Å². The Labute approximate surface area is 134 Å². The van der Waals surface area contributed by atoms with Gasteiger partial charge < -0.3 is 9.80 Å². The molecule has 0 atom stereocenters. The van der Waals surface area contributed by atoms with Crippen LogP contribution in [0.25, 0.3) is 0 Å². The second kappa shape index (κ2) is 7.36. The van der Waals surface area contributed by atoms with E-state index in [0.717, 1.165) is 39.0 Å². The molecular formula is C16H22BrFN2O. The smallest absolute Gasteiger partial charge is 0.255 e. The zero-order valence-corrected chi connectivity index (χ0v) is 14.2. The Morgan fingerprint density at radius 3 is 2.48 bits per heavy atom. The van der Waals surface area contributed by atoms with Crippen LogP contribution in [0.5, 0.6) is 0 Å². The van der Waals surface area contributed by atoms with Gasteiger partial charge in [0.25, 0.3) is 5.91 Å². The molecule has 3 nitrogen and oxygen atoms in total. The van der Waals surface area contributed by atoms with E-state index in [0.29, 0.717) is 16.1 Å². The van der Waals surface area contributed by atoms with E-state index >= 15 is 0 Å². The van der Waals surface area contributed by atoms with Crippen molar-refractivity contribution < 1.29 is 9.18 Å². The Bertz CT molecular complexity index is 497. The molecule has 0 saturated carbocycles. The molecule has 5 heteroatoms. The van der Waals surface area contributed by atoms with Gasteiger partial charge in [-0.3, -0.25) is 4.79 Å². The van der Waals surface area contributed by atoms with E-state index in [9.17, 15) is 9.18 Å². The highest BCUT2D eigenvalue weighted by atomic mass is 79.9. The van der Waals surface area contributed by atoms with Crippen LogP contribution in [-0.4, -0.2) is 47.9 Å². The first-order valence-corrected chi connectivity index (χ1v) is 8.34. The van der Waals surface area contributed by atoms with E-state index < -0.39 is 0 Å². The lowest BCUT2D eigenvalue weighted by molar-refractivity contribution is 0.0630. The van der Waals surface area contributed by atoms with E-state index in [1.807, 2.05) is 4.90 Å². The third kappa shape index (κ3) is 3.83. The minimum atomic E-state index is -0.335. The molecule has 2 rings (SSSR count). The molecule has 1 aromatic rings. The van der Waals surface area contributed by atoms with Gasteiger partial charge in [-0.2, -0.15) is 0 Å². The van der Waals surface area contributed by atoms with Crippen molar-refractivity contribution in [2.45, 2.75) is 32.7 Å². The Hall–Kier alpha value is -0.940. The second-order valence-corrected chi connectivity index (χ2v) is 6.22. The van der Waals surface area contributed by atoms with Crippen molar-refractivity contribution >= 4 is 21.8 Å². The first-order chi connectivity index (χ1) is 10.1. The summed E-state index contributed by atoms with van der Waals surface area (Å²) >= 11 is 3.28. The fourth-order valence-electron chi connectivity index (χ4n) is 3.01. The molecule has 0 spiro atoms. The molecule has 0 radical (unpaired) electrons. The lowest BCUT2D eigenvalue weighted by atomic mass is 10.0. The van der Waals surface area contributed by atoms with Crippen molar-refractivity contribution in [1.82, 2.24) is 9.80 Å². The van der Waals surface area contributed by atoms with Crippen LogP contribution < -0.4 is 0 Å². The van der Waals surface area contributed by atoms with Crippen molar-refractivity contribution in [2.75, 3.05) is 26.2 Å². The summed E-state index contributed by atoms with van der Waals surface area (Å²) in [5, 5.41) is 0. The molecule has 1 saturated heterocycles. The minimum Gasteiger partial charge on any atom is -0.338 e. The van der Waals surface area contributed by atoms with E-state index in [2.05, 4.69) is 34.7 Å². The molecule has 0 aromatic heterocycles. The third-order valence-corrected chi connectivity index (χ3v) is 4.90. The SMILES string of the molecule is CCN(CC)C1CCN(C(=O)c2ccc(F)cc2Br)CC1. The fourth-order valence-corrected chi connectivity index (χ4v) is 3.53. The van der Waals surface area contributed by atoms with Crippen molar-refractivity contribution in [2.24, 2.45) is 0 Å². The highest BCUT2D eigenvalue weighted by molar-refractivity contribution is 9.10. The lowest BCUT2D eigenvalue weighted by Gasteiger charge is -2.37. The van der Waals surface area contributed by atoms with Crippen LogP contribution in [-0.2, 0) is 0 Å². The van der Waals surface area contributed by atoms with Gasteiger partial charge in [0.15, 0.2) is 0 Å². The standard InChI is InChI=1S/C16H22BrFN2O/c1-3-19(4-2)13-7-9-20(10-8-13)16(21)14-6-5-12(18)11-15(14)17/h5-6,11,13H,3-4,7-10H2,1-2H3. The maximum absolute atomic E-state index is 13.1. The minimum absolute atomic E-state index is 0.0140. The van der Waals surface area contributed by atoms with Crippen LogP contribution in [0, 0.1) is 5.82 Å². The number of nitrogens with zero attached hydrogens (tertiary/aromatic N) is 2. The van der Waals surface area contributed by atoms with Gasteiger partial charge in [-0.25, -0.2) is 4.39 Å². The molecule has 1 aromatic carbocycles. The van der Waals surface area contributed by atoms with Gasteiger partial charge in [-0.15, -0.1) is 0 Å². The number of rotatable bonds is 4. The molecule has 1 aliphatic rings. The van der Waals surface area contributed by atoms with Crippen LogP contribution in [0.1, 0.15) is 37.0 Å². The fraction of sp³-hybridized carbons (Fsp3) is 0.562. The average Bonchev–Trinajstić information content (AvgIpc) is 2.48. The van der Waals surface area contributed by atoms with Crippen LogP contribution in [0.3, 0.4) is 0 Å². The van der Waals surface area contributed by atoms with Gasteiger partial charge in [0.05, 0.1) is 5.56 Å². The Morgan fingerprint density at radius 1 is 1.33 bits per heavy atom. The van der Waals surface area contributed by atoms with E-state index in [1.54, 1.807) is 6.07 Å². The summed E-state index contributed by atoms with van der Waals surface area (Å²) in [6.45, 7) is 8.00. The van der Waals surface area contributed by atoms with E-state index in [4.69, 9.17) is 0 Å². The van der Waals surface area contributed by atoms with Crippen LogP contribution in [0.4, 0.5) is 4.39 Å². The molecule has 1 fully saturated rings. The number of amides is 1. The van der Waals surface area contributed by atoms with Gasteiger partial charge in [0, 0.05) is 23.6 Å². The third-order valence-electron chi connectivity index (χ3n) is 4.24. The topological polar surface area (TPSA) is 23.6 Å². The van der Waals surface area contributed by atoms with E-state index in [-0.39, 0.29) is 11.7 Å². The van der Waals surface area contributed by atoms with Crippen LogP contribution in [0.15, 0.2) is 22.7 Å². The average molecular weight is 357 g/mol. The monoisotopic (exact) mass is 356 g/mol. The quantitative estimate of drug-likeness (QED) is 0.823. The Balaban J connectivity index is 2.00. The molecule has 21 heavy (non-hydrogen) atoms. The zero-order valence-electron chi connectivity index (χ0n) is 12.6. The number of benzene rings is 1. The van der Waals surface area contributed by atoms with Crippen LogP contribution in [0.2, 0.25) is 0 Å². The Morgan fingerprint density at radius 2 is 1.95 bits per heavy atom. The summed E-state index contributed by atoms with van der Waals surface area (Å²) in [5.41, 5.74) is 0.540. The largest absolute Gasteiger partial charge is 0.338 e. The predicted molar refractivity (Wildman–Crippen MR) is 85.9 cm³/mol. The number of hydrogen-bond donors (Lipinski definition) is 0. The van der Waals surface area contributed by atoms with Crippen molar-refractivity contribution in [1.29, 1.82) is 0 Å². The molecule has 0 N–H and O–H groups in total. The van der Waals surface area contributed by atoms with Crippen molar-refractivity contribution in [3.05, 3.63) is 34.1 Å². The highest BCUT2D eigenvalue weighted by Crippen LogP contribution is 2.23. The summed E-state index contributed by atoms with van der Waals surface area (Å²) < 4.78 is 13.6. The number of carbonyl (C=O) groups excluding carboxylic acids is 1. The molecule has 0 bridgehead atoms. The molecule has 1 amide bonds. The van der Waals surface area contributed by atoms with Gasteiger partial charge in [-0.1, -0.05) is 13.8 Å². The highest BCUT2D eigenvalue weighted by Gasteiger charge is 2.26. The second-order valence-electron chi connectivity index (χ2n) is 5.37. The first-order valence-electron chi connectivity index (χ1n) is 7.55. The van der Waals surface area contributed by atoms with Gasteiger partial charge in [-0.05, 0) is 60.1 Å². The summed E-state index contributed by atoms with van der Waals surface area (Å²) in [6.07, 6.45) is 2.01. The first kappa shape index (κ1) is 16.4. The van der Waals surface area contributed by atoms with Crippen LogP contribution >= 0.6 is 15.9 Å². The van der Waals surface area contributed by atoms with Gasteiger partial charge in [0.2, 0.25) is 0 Å². The summed E-state index contributed by atoms with van der Waals surface area (Å²) in [4.78, 5) is 16.8. The predicted octanol–water partition coefficient (Wildman–Crippen LogP) is 3.53. The number of hydrogen-bond acceptors (Lipinski definition) is 2. The lowest BCUT2D eigenvalue weighted by Crippen LogP contribution is -2.46. The van der Waals surface area contributed by atoms with Gasteiger partial charge in [0.1, 0.15) is 5.82 Å². The maximum Gasteiger partial charge on any atom is 0.255 e. The van der Waals surface area contributed by atoms with Crippen molar-refractivity contribution in [3.8, 4) is 0 Å². The number of halogens is 2. The number of carbonyl (C=O) groups is 1. The van der Waals surface area contributed by atoms with E-state index in [1.165, 1.54) is 12.1 Å². The molecule has 1 aliphatic heterocycles. The normalized spacial score (nSPS) is 16.5. The number of likely N-dealkylation sites (tertiary alicyclic amines) is 1. The summed E-state index contributed by atoms with van der Waals surface area (Å²) in [6, 6.07) is 4.80.